The predicted molar refractivity (Wildman–Crippen MR) is 115 cm³/mol. The highest BCUT2D eigenvalue weighted by Gasteiger charge is 2.31. The first-order chi connectivity index (χ1) is 14.7. The van der Waals surface area contributed by atoms with Gasteiger partial charge in [-0.05, 0) is 30.0 Å². The minimum Gasteiger partial charge on any atom is -0.355 e. The molecule has 0 bridgehead atoms. The van der Waals surface area contributed by atoms with Crippen LogP contribution in [0, 0.1) is 5.92 Å². The van der Waals surface area contributed by atoms with Gasteiger partial charge in [0.1, 0.15) is 5.82 Å². The molecule has 0 spiro atoms. The fourth-order valence-electron chi connectivity index (χ4n) is 3.82. The molecule has 1 N–H and O–H groups in total. The van der Waals surface area contributed by atoms with E-state index < -0.39 is 11.7 Å². The minimum absolute atomic E-state index is 0.0244. The number of benzene rings is 1. The van der Waals surface area contributed by atoms with Crippen molar-refractivity contribution in [3.63, 3.8) is 0 Å². The molecule has 1 aromatic carbocycles. The van der Waals surface area contributed by atoms with E-state index in [-0.39, 0.29) is 17.9 Å². The smallest absolute Gasteiger partial charge is 0.355 e. The van der Waals surface area contributed by atoms with Crippen LogP contribution in [0.5, 0.6) is 0 Å². The van der Waals surface area contributed by atoms with Crippen LogP contribution in [-0.2, 0) is 11.0 Å². The Hall–Kier alpha value is -2.61. The van der Waals surface area contributed by atoms with Crippen molar-refractivity contribution >= 4 is 11.7 Å². The van der Waals surface area contributed by atoms with Gasteiger partial charge in [0.25, 0.3) is 0 Å². The lowest BCUT2D eigenvalue weighted by Crippen LogP contribution is -2.41. The molecule has 0 unspecified atom stereocenters. The second-order valence-corrected chi connectivity index (χ2v) is 8.22. The average Bonchev–Trinajstić information content (AvgIpc) is 2.97. The molecule has 2 heterocycles. The molecular formula is C23H29F3N4O. The molecule has 1 aliphatic heterocycles. The molecule has 168 valence electrons. The summed E-state index contributed by atoms with van der Waals surface area (Å²) < 4.78 is 38.2. The Morgan fingerprint density at radius 1 is 1.06 bits per heavy atom. The fraction of sp³-hybridized carbons (Fsp3) is 0.478. The number of amides is 1. The molecule has 31 heavy (non-hydrogen) atoms. The van der Waals surface area contributed by atoms with Gasteiger partial charge in [-0.2, -0.15) is 13.2 Å². The van der Waals surface area contributed by atoms with E-state index in [1.54, 1.807) is 0 Å². The van der Waals surface area contributed by atoms with Crippen LogP contribution in [0.15, 0.2) is 48.7 Å². The van der Waals surface area contributed by atoms with E-state index >= 15 is 0 Å². The number of pyridine rings is 1. The third kappa shape index (κ3) is 6.43. The number of carbonyl (C=O) groups is 1. The predicted octanol–water partition coefficient (Wildman–Crippen LogP) is 4.13. The normalized spacial score (nSPS) is 16.8. The Morgan fingerprint density at radius 2 is 1.81 bits per heavy atom. The molecule has 2 aromatic rings. The van der Waals surface area contributed by atoms with Gasteiger partial charge in [-0.25, -0.2) is 4.98 Å². The van der Waals surface area contributed by atoms with E-state index in [0.29, 0.717) is 32.0 Å². The number of nitrogens with one attached hydrogen (secondary N) is 1. The zero-order valence-electron chi connectivity index (χ0n) is 17.9. The summed E-state index contributed by atoms with van der Waals surface area (Å²) >= 11 is 0. The average molecular weight is 435 g/mol. The van der Waals surface area contributed by atoms with Crippen LogP contribution in [0.25, 0.3) is 0 Å². The topological polar surface area (TPSA) is 48.5 Å². The third-order valence-electron chi connectivity index (χ3n) is 5.50. The summed E-state index contributed by atoms with van der Waals surface area (Å²) in [6, 6.07) is 12.4. The van der Waals surface area contributed by atoms with Crippen LogP contribution in [0.3, 0.4) is 0 Å². The zero-order valence-corrected chi connectivity index (χ0v) is 17.9. The summed E-state index contributed by atoms with van der Waals surface area (Å²) in [7, 11) is 0. The van der Waals surface area contributed by atoms with Gasteiger partial charge in [-0.1, -0.05) is 44.2 Å². The van der Waals surface area contributed by atoms with Gasteiger partial charge in [0.05, 0.1) is 18.2 Å². The molecule has 1 atom stereocenters. The van der Waals surface area contributed by atoms with Crippen LogP contribution in [-0.4, -0.2) is 48.5 Å². The number of hydrogen-bond acceptors (Lipinski definition) is 4. The highest BCUT2D eigenvalue weighted by molar-refractivity contribution is 5.78. The highest BCUT2D eigenvalue weighted by atomic mass is 19.4. The van der Waals surface area contributed by atoms with E-state index in [0.717, 1.165) is 30.8 Å². The molecule has 1 fully saturated rings. The minimum atomic E-state index is -4.39. The number of anilines is 1. The Morgan fingerprint density at radius 3 is 2.42 bits per heavy atom. The standard InChI is InChI=1S/C23H29F3N4O/c1-17(2)22(18-7-4-3-5-8-18)28-21(31)16-29-11-6-12-30(14-13-29)20-10-9-19(15-27-20)23(24,25)26/h3-5,7-10,15,17,22H,6,11-14,16H2,1-2H3,(H,28,31)/t22-/m1/s1. The molecule has 5 nitrogen and oxygen atoms in total. The lowest BCUT2D eigenvalue weighted by atomic mass is 9.96. The first-order valence-electron chi connectivity index (χ1n) is 10.6. The number of halogens is 3. The maximum atomic E-state index is 12.7. The Balaban J connectivity index is 1.55. The zero-order chi connectivity index (χ0) is 22.4. The van der Waals surface area contributed by atoms with Gasteiger partial charge in [-0.15, -0.1) is 0 Å². The number of hydrogen-bond donors (Lipinski definition) is 1. The molecule has 8 heteroatoms. The molecular weight excluding hydrogens is 405 g/mol. The summed E-state index contributed by atoms with van der Waals surface area (Å²) in [5, 5.41) is 3.15. The van der Waals surface area contributed by atoms with Gasteiger partial charge < -0.3 is 10.2 Å². The summed E-state index contributed by atoms with van der Waals surface area (Å²) in [4.78, 5) is 20.8. The van der Waals surface area contributed by atoms with Crippen molar-refractivity contribution in [3.8, 4) is 0 Å². The summed E-state index contributed by atoms with van der Waals surface area (Å²) in [5.41, 5.74) is 0.337. The molecule has 0 radical (unpaired) electrons. The van der Waals surface area contributed by atoms with E-state index in [1.165, 1.54) is 6.07 Å². The van der Waals surface area contributed by atoms with E-state index in [9.17, 15) is 18.0 Å². The van der Waals surface area contributed by atoms with Gasteiger partial charge in [0, 0.05) is 32.4 Å². The van der Waals surface area contributed by atoms with Gasteiger partial charge in [-0.3, -0.25) is 9.69 Å². The Bertz CT molecular complexity index is 840. The molecule has 1 aromatic heterocycles. The largest absolute Gasteiger partial charge is 0.417 e. The molecule has 0 aliphatic carbocycles. The number of alkyl halides is 3. The molecule has 1 aliphatic rings. The van der Waals surface area contributed by atoms with Crippen LogP contribution in [0.2, 0.25) is 0 Å². The second-order valence-electron chi connectivity index (χ2n) is 8.22. The second kappa shape index (κ2) is 10.1. The van der Waals surface area contributed by atoms with E-state index in [1.807, 2.05) is 35.2 Å². The first kappa shape index (κ1) is 23.1. The van der Waals surface area contributed by atoms with Gasteiger partial charge in [0.15, 0.2) is 0 Å². The molecule has 3 rings (SSSR count). The number of rotatable bonds is 6. The lowest BCUT2D eigenvalue weighted by Gasteiger charge is -2.26. The first-order valence-corrected chi connectivity index (χ1v) is 10.6. The third-order valence-corrected chi connectivity index (χ3v) is 5.50. The lowest BCUT2D eigenvalue weighted by molar-refractivity contribution is -0.137. The molecule has 0 saturated carbocycles. The van der Waals surface area contributed by atoms with Crippen LogP contribution >= 0.6 is 0 Å². The Labute approximate surface area is 181 Å². The SMILES string of the molecule is CC(C)[C@@H](NC(=O)CN1CCCN(c2ccc(C(F)(F)F)cn2)CC1)c1ccccc1. The van der Waals surface area contributed by atoms with Crippen LogP contribution < -0.4 is 10.2 Å². The van der Waals surface area contributed by atoms with Crippen molar-refractivity contribution < 1.29 is 18.0 Å². The Kier molecular flexibility index (Phi) is 7.54. The maximum Gasteiger partial charge on any atom is 0.417 e. The van der Waals surface area contributed by atoms with Crippen molar-refractivity contribution in [2.24, 2.45) is 5.92 Å². The number of aromatic nitrogens is 1. The number of carbonyl (C=O) groups excluding carboxylic acids is 1. The van der Waals surface area contributed by atoms with E-state index in [2.05, 4.69) is 29.0 Å². The van der Waals surface area contributed by atoms with Gasteiger partial charge >= 0.3 is 6.18 Å². The summed E-state index contributed by atoms with van der Waals surface area (Å²) in [6.45, 7) is 7.16. The van der Waals surface area contributed by atoms with Crippen molar-refractivity contribution in [3.05, 3.63) is 59.8 Å². The van der Waals surface area contributed by atoms with Crippen LogP contribution in [0.1, 0.15) is 37.4 Å². The fourth-order valence-corrected chi connectivity index (χ4v) is 3.82. The summed E-state index contributed by atoms with van der Waals surface area (Å²) in [5.74, 6) is 0.767. The maximum absolute atomic E-state index is 12.7. The molecule has 1 saturated heterocycles. The highest BCUT2D eigenvalue weighted by Crippen LogP contribution is 2.29. The van der Waals surface area contributed by atoms with Crippen molar-refractivity contribution in [1.82, 2.24) is 15.2 Å². The van der Waals surface area contributed by atoms with E-state index in [4.69, 9.17) is 0 Å². The van der Waals surface area contributed by atoms with Crippen molar-refractivity contribution in [2.75, 3.05) is 37.6 Å². The van der Waals surface area contributed by atoms with Crippen molar-refractivity contribution in [2.45, 2.75) is 32.5 Å². The van der Waals surface area contributed by atoms with Gasteiger partial charge in [0.2, 0.25) is 5.91 Å². The summed E-state index contributed by atoms with van der Waals surface area (Å²) in [6.07, 6.45) is -2.70. The monoisotopic (exact) mass is 434 g/mol. The van der Waals surface area contributed by atoms with Crippen molar-refractivity contribution in [1.29, 1.82) is 0 Å². The number of nitrogens with zero attached hydrogens (tertiary/aromatic N) is 3. The quantitative estimate of drug-likeness (QED) is 0.743. The molecule has 1 amide bonds. The van der Waals surface area contributed by atoms with Crippen LogP contribution in [0.4, 0.5) is 19.0 Å².